The molecule has 0 bridgehead atoms. The van der Waals surface area contributed by atoms with Crippen molar-refractivity contribution in [2.24, 2.45) is 0 Å². The molecule has 0 aliphatic rings. The van der Waals surface area contributed by atoms with Crippen molar-refractivity contribution >= 4 is 0 Å². The first-order valence-electron chi connectivity index (χ1n) is 4.20. The standard InChI is InChI=1S/C10H12F2O2/c1-10(2,3)7-4-5-8(13-11)9(6-7)14-12/h4-6H,1-3H3. The Labute approximate surface area is 81.3 Å². The molecule has 0 radical (unpaired) electrons. The van der Waals surface area contributed by atoms with Crippen molar-refractivity contribution in [3.8, 4) is 11.5 Å². The number of hydrogen-bond donors (Lipinski definition) is 0. The zero-order chi connectivity index (χ0) is 10.8. The van der Waals surface area contributed by atoms with Gasteiger partial charge in [-0.2, -0.15) is 0 Å². The van der Waals surface area contributed by atoms with Gasteiger partial charge in [-0.05, 0) is 23.1 Å². The summed E-state index contributed by atoms with van der Waals surface area (Å²) < 4.78 is 23.8. The molecule has 1 aromatic carbocycles. The van der Waals surface area contributed by atoms with E-state index in [0.29, 0.717) is 0 Å². The Hall–Kier alpha value is -1.32. The van der Waals surface area contributed by atoms with Crippen molar-refractivity contribution in [2.45, 2.75) is 26.2 Å². The fourth-order valence-corrected chi connectivity index (χ4v) is 1.10. The lowest BCUT2D eigenvalue weighted by Gasteiger charge is -2.19. The number of rotatable bonds is 2. The quantitative estimate of drug-likeness (QED) is 0.730. The fraction of sp³-hybridized carbons (Fsp3) is 0.400. The molecule has 0 unspecified atom stereocenters. The highest BCUT2D eigenvalue weighted by Crippen LogP contribution is 2.33. The van der Waals surface area contributed by atoms with E-state index in [1.165, 1.54) is 12.1 Å². The molecule has 2 nitrogen and oxygen atoms in total. The van der Waals surface area contributed by atoms with Gasteiger partial charge < -0.3 is 0 Å². The first-order chi connectivity index (χ1) is 6.49. The second-order valence-corrected chi connectivity index (χ2v) is 4.07. The van der Waals surface area contributed by atoms with Gasteiger partial charge in [-0.25, -0.2) is 0 Å². The average Bonchev–Trinajstić information content (AvgIpc) is 2.15. The molecule has 0 saturated heterocycles. The lowest BCUT2D eigenvalue weighted by atomic mass is 9.87. The van der Waals surface area contributed by atoms with Crippen molar-refractivity contribution in [3.63, 3.8) is 0 Å². The van der Waals surface area contributed by atoms with Gasteiger partial charge in [0, 0.05) is 9.05 Å². The molecule has 0 heterocycles. The molecule has 0 saturated carbocycles. The summed E-state index contributed by atoms with van der Waals surface area (Å²) >= 11 is 0. The molecule has 4 heteroatoms. The van der Waals surface area contributed by atoms with E-state index >= 15 is 0 Å². The first kappa shape index (κ1) is 10.8. The molecule has 0 amide bonds. The van der Waals surface area contributed by atoms with E-state index in [-0.39, 0.29) is 16.9 Å². The summed E-state index contributed by atoms with van der Waals surface area (Å²) in [6.07, 6.45) is 0. The summed E-state index contributed by atoms with van der Waals surface area (Å²) in [6, 6.07) is 4.40. The van der Waals surface area contributed by atoms with Crippen LogP contribution >= 0.6 is 0 Å². The lowest BCUT2D eigenvalue weighted by molar-refractivity contribution is -0.0388. The predicted molar refractivity (Wildman–Crippen MR) is 48.6 cm³/mol. The van der Waals surface area contributed by atoms with Crippen molar-refractivity contribution in [2.75, 3.05) is 0 Å². The van der Waals surface area contributed by atoms with Crippen molar-refractivity contribution in [1.82, 2.24) is 0 Å². The fourth-order valence-electron chi connectivity index (χ4n) is 1.10. The molecule has 0 atom stereocenters. The SMILES string of the molecule is CC(C)(C)c1ccc(OF)c(OF)c1. The maximum absolute atomic E-state index is 12.0. The molecule has 0 N–H and O–H groups in total. The van der Waals surface area contributed by atoms with Crippen LogP contribution in [0, 0.1) is 0 Å². The number of halogens is 2. The Morgan fingerprint density at radius 2 is 1.57 bits per heavy atom. The third kappa shape index (κ3) is 2.13. The number of benzene rings is 1. The third-order valence-corrected chi connectivity index (χ3v) is 1.98. The molecule has 0 aromatic heterocycles. The van der Waals surface area contributed by atoms with E-state index in [4.69, 9.17) is 0 Å². The van der Waals surface area contributed by atoms with Gasteiger partial charge in [0.05, 0.1) is 0 Å². The zero-order valence-electron chi connectivity index (χ0n) is 8.30. The van der Waals surface area contributed by atoms with Crippen LogP contribution in [-0.2, 0) is 5.41 Å². The van der Waals surface area contributed by atoms with Crippen LogP contribution in [0.3, 0.4) is 0 Å². The highest BCUT2D eigenvalue weighted by atomic mass is 19.3. The van der Waals surface area contributed by atoms with E-state index < -0.39 is 0 Å². The number of hydrogen-bond acceptors (Lipinski definition) is 2. The maximum atomic E-state index is 12.0. The summed E-state index contributed by atoms with van der Waals surface area (Å²) in [5.74, 6) is -0.513. The van der Waals surface area contributed by atoms with Crippen molar-refractivity contribution in [3.05, 3.63) is 23.8 Å². The molecular weight excluding hydrogens is 190 g/mol. The predicted octanol–water partition coefficient (Wildman–Crippen LogP) is 3.51. The van der Waals surface area contributed by atoms with Crippen LogP contribution in [0.25, 0.3) is 0 Å². The molecule has 0 fully saturated rings. The summed E-state index contributed by atoms with van der Waals surface area (Å²) in [7, 11) is 0. The highest BCUT2D eigenvalue weighted by molar-refractivity contribution is 5.44. The molecule has 1 rings (SSSR count). The van der Waals surface area contributed by atoms with Crippen LogP contribution < -0.4 is 9.88 Å². The van der Waals surface area contributed by atoms with Gasteiger partial charge in [0.2, 0.25) is 11.5 Å². The third-order valence-electron chi connectivity index (χ3n) is 1.98. The van der Waals surface area contributed by atoms with Gasteiger partial charge in [0.15, 0.2) is 0 Å². The maximum Gasteiger partial charge on any atom is 0.218 e. The molecular formula is C10H12F2O2. The largest absolute Gasteiger partial charge is 0.290 e. The molecule has 78 valence electrons. The van der Waals surface area contributed by atoms with Crippen LogP contribution in [0.2, 0.25) is 0 Å². The van der Waals surface area contributed by atoms with Gasteiger partial charge in [-0.1, -0.05) is 26.8 Å². The first-order valence-corrected chi connectivity index (χ1v) is 4.20. The van der Waals surface area contributed by atoms with E-state index in [0.717, 1.165) is 5.56 Å². The summed E-state index contributed by atoms with van der Waals surface area (Å²) in [4.78, 5) is 6.95. The summed E-state index contributed by atoms with van der Waals surface area (Å²) in [5, 5.41) is 0. The smallest absolute Gasteiger partial charge is 0.218 e. The molecule has 0 aliphatic heterocycles. The van der Waals surface area contributed by atoms with Crippen LogP contribution in [0.1, 0.15) is 26.3 Å². The second kappa shape index (κ2) is 3.82. The Morgan fingerprint density at radius 3 is 2.00 bits per heavy atom. The Kier molecular flexibility index (Phi) is 2.93. The van der Waals surface area contributed by atoms with Crippen LogP contribution in [0.15, 0.2) is 18.2 Å². The molecule has 0 spiro atoms. The molecule has 1 aromatic rings. The van der Waals surface area contributed by atoms with E-state index in [9.17, 15) is 9.05 Å². The minimum atomic E-state index is -0.263. The summed E-state index contributed by atoms with van der Waals surface area (Å²) in [6.45, 7) is 5.88. The van der Waals surface area contributed by atoms with Crippen LogP contribution in [-0.4, -0.2) is 0 Å². The van der Waals surface area contributed by atoms with Crippen molar-refractivity contribution < 1.29 is 18.9 Å². The summed E-state index contributed by atoms with van der Waals surface area (Å²) in [5.41, 5.74) is 0.688. The second-order valence-electron chi connectivity index (χ2n) is 4.07. The van der Waals surface area contributed by atoms with Crippen LogP contribution in [0.5, 0.6) is 11.5 Å². The van der Waals surface area contributed by atoms with Gasteiger partial charge in [-0.3, -0.25) is 9.88 Å². The zero-order valence-corrected chi connectivity index (χ0v) is 8.30. The average molecular weight is 202 g/mol. The lowest BCUT2D eigenvalue weighted by Crippen LogP contribution is -2.10. The van der Waals surface area contributed by atoms with Gasteiger partial charge in [-0.15, -0.1) is 0 Å². The Morgan fingerprint density at radius 1 is 1.00 bits per heavy atom. The minimum absolute atomic E-state index is 0.151. The van der Waals surface area contributed by atoms with E-state index in [1.54, 1.807) is 6.07 Å². The Balaban J connectivity index is 3.14. The highest BCUT2D eigenvalue weighted by Gasteiger charge is 2.17. The van der Waals surface area contributed by atoms with E-state index in [2.05, 4.69) is 9.88 Å². The monoisotopic (exact) mass is 202 g/mol. The van der Waals surface area contributed by atoms with Gasteiger partial charge in [0.1, 0.15) is 0 Å². The topological polar surface area (TPSA) is 18.5 Å². The normalized spacial score (nSPS) is 11.2. The molecule has 14 heavy (non-hydrogen) atoms. The Bertz CT molecular complexity index is 318. The van der Waals surface area contributed by atoms with Crippen molar-refractivity contribution in [1.29, 1.82) is 0 Å². The van der Waals surface area contributed by atoms with Gasteiger partial charge in [0.25, 0.3) is 0 Å². The molecule has 0 aliphatic carbocycles. The van der Waals surface area contributed by atoms with Gasteiger partial charge >= 0.3 is 0 Å². The minimum Gasteiger partial charge on any atom is -0.290 e. The van der Waals surface area contributed by atoms with E-state index in [1.807, 2.05) is 20.8 Å². The van der Waals surface area contributed by atoms with Crippen LogP contribution in [0.4, 0.5) is 9.05 Å².